The molecule has 0 aromatic heterocycles. The Morgan fingerprint density at radius 2 is 1.73 bits per heavy atom. The Labute approximate surface area is 176 Å². The molecule has 0 aliphatic carbocycles. The van der Waals surface area contributed by atoms with Crippen molar-refractivity contribution in [1.82, 2.24) is 10.2 Å². The molecule has 2 amide bonds. The molecule has 4 rings (SSSR count). The van der Waals surface area contributed by atoms with Crippen LogP contribution in [0, 0.1) is 0 Å². The molecule has 1 atom stereocenters. The summed E-state index contributed by atoms with van der Waals surface area (Å²) in [4.78, 5) is 28.2. The summed E-state index contributed by atoms with van der Waals surface area (Å²) in [6.45, 7) is 6.33. The number of ether oxygens (including phenoxy) is 2. The minimum absolute atomic E-state index is 0.00947. The Bertz CT molecular complexity index is 895. The monoisotopic (exact) mass is 410 g/mol. The first-order chi connectivity index (χ1) is 14.6. The van der Waals surface area contributed by atoms with Gasteiger partial charge in [0, 0.05) is 5.56 Å². The van der Waals surface area contributed by atoms with Gasteiger partial charge in [-0.05, 0) is 36.8 Å². The maximum atomic E-state index is 12.6. The van der Waals surface area contributed by atoms with E-state index < -0.39 is 0 Å². The van der Waals surface area contributed by atoms with Crippen LogP contribution in [0.1, 0.15) is 28.9 Å². The lowest BCUT2D eigenvalue weighted by atomic mass is 10.1. The molecule has 1 fully saturated rings. The van der Waals surface area contributed by atoms with Crippen molar-refractivity contribution in [2.45, 2.75) is 13.0 Å². The van der Waals surface area contributed by atoms with Crippen LogP contribution in [0.15, 0.2) is 48.5 Å². The van der Waals surface area contributed by atoms with E-state index in [4.69, 9.17) is 9.47 Å². The van der Waals surface area contributed by atoms with E-state index in [1.165, 1.54) is 4.90 Å². The van der Waals surface area contributed by atoms with Crippen LogP contribution in [0.2, 0.25) is 0 Å². The molecule has 2 aromatic carbocycles. The zero-order valence-corrected chi connectivity index (χ0v) is 17.2. The Morgan fingerprint density at radius 3 is 2.47 bits per heavy atom. The van der Waals surface area contributed by atoms with Crippen molar-refractivity contribution in [2.24, 2.45) is 0 Å². The van der Waals surface area contributed by atoms with Gasteiger partial charge in [0.2, 0.25) is 0 Å². The number of rotatable bonds is 5. The predicted molar refractivity (Wildman–Crippen MR) is 112 cm³/mol. The van der Waals surface area contributed by atoms with Crippen LogP contribution in [0.3, 0.4) is 0 Å². The van der Waals surface area contributed by atoms with Gasteiger partial charge in [0.05, 0.1) is 32.2 Å². The molecule has 2 aliphatic rings. The second-order valence-electron chi connectivity index (χ2n) is 7.78. The fraction of sp³-hybridized carbons (Fsp3) is 0.391. The zero-order valence-electron chi connectivity index (χ0n) is 17.2. The van der Waals surface area contributed by atoms with Gasteiger partial charge in [0.25, 0.3) is 11.8 Å². The van der Waals surface area contributed by atoms with E-state index in [0.29, 0.717) is 38.4 Å². The molecule has 1 saturated heterocycles. The second kappa shape index (κ2) is 9.17. The van der Waals surface area contributed by atoms with E-state index in [9.17, 15) is 9.59 Å². The highest BCUT2D eigenvalue weighted by atomic mass is 16.6. The van der Waals surface area contributed by atoms with Gasteiger partial charge in [-0.2, -0.15) is 0 Å². The topological polar surface area (TPSA) is 72.3 Å². The van der Waals surface area contributed by atoms with E-state index in [2.05, 4.69) is 5.32 Å². The van der Waals surface area contributed by atoms with Gasteiger partial charge >= 0.3 is 0 Å². The lowest BCUT2D eigenvalue weighted by Crippen LogP contribution is -3.15. The third-order valence-electron chi connectivity index (χ3n) is 5.63. The normalized spacial score (nSPS) is 17.3. The molecular weight excluding hydrogens is 382 g/mol. The molecule has 0 bridgehead atoms. The number of carbonyl (C=O) groups is 2. The van der Waals surface area contributed by atoms with Crippen molar-refractivity contribution in [3.05, 3.63) is 59.7 Å². The second-order valence-corrected chi connectivity index (χ2v) is 7.78. The molecule has 30 heavy (non-hydrogen) atoms. The number of nitrogens with one attached hydrogen (secondary N) is 2. The summed E-state index contributed by atoms with van der Waals surface area (Å²) >= 11 is 0. The van der Waals surface area contributed by atoms with Gasteiger partial charge < -0.3 is 24.6 Å². The molecule has 2 heterocycles. The third-order valence-corrected chi connectivity index (χ3v) is 5.63. The maximum absolute atomic E-state index is 12.6. The number of amides is 2. The lowest BCUT2D eigenvalue weighted by Gasteiger charge is -2.32. The van der Waals surface area contributed by atoms with E-state index in [1.54, 1.807) is 0 Å². The summed E-state index contributed by atoms with van der Waals surface area (Å²) < 4.78 is 11.2. The van der Waals surface area contributed by atoms with Crippen molar-refractivity contribution >= 4 is 11.8 Å². The van der Waals surface area contributed by atoms with E-state index in [-0.39, 0.29) is 17.9 Å². The first kappa shape index (κ1) is 20.2. The lowest BCUT2D eigenvalue weighted by molar-refractivity contribution is -0.896. The molecule has 0 saturated carbocycles. The molecule has 0 unspecified atom stereocenters. The molecule has 2 aromatic rings. The fourth-order valence-corrected chi connectivity index (χ4v) is 3.90. The van der Waals surface area contributed by atoms with E-state index in [1.807, 2.05) is 60.4 Å². The van der Waals surface area contributed by atoms with E-state index >= 15 is 0 Å². The van der Waals surface area contributed by atoms with Gasteiger partial charge in [-0.1, -0.05) is 24.3 Å². The summed E-state index contributed by atoms with van der Waals surface area (Å²) in [6, 6.07) is 15.0. The van der Waals surface area contributed by atoms with Crippen molar-refractivity contribution < 1.29 is 24.0 Å². The minimum Gasteiger partial charge on any atom is -0.486 e. The summed E-state index contributed by atoms with van der Waals surface area (Å²) in [7, 11) is 0. The SMILES string of the molecule is C[C@@H](NC(=O)C[NH+]1CCN(C(=O)c2ccccc2)CC1)c1ccc2c(c1)OCCO2. The summed E-state index contributed by atoms with van der Waals surface area (Å²) in [5.41, 5.74) is 1.70. The van der Waals surface area contributed by atoms with Gasteiger partial charge in [0.1, 0.15) is 13.2 Å². The smallest absolute Gasteiger partial charge is 0.275 e. The van der Waals surface area contributed by atoms with Crippen molar-refractivity contribution in [3.8, 4) is 11.5 Å². The quantitative estimate of drug-likeness (QED) is 0.760. The average molecular weight is 410 g/mol. The molecule has 2 N–H and O–H groups in total. The Balaban J connectivity index is 1.25. The van der Waals surface area contributed by atoms with Gasteiger partial charge in [-0.3, -0.25) is 9.59 Å². The van der Waals surface area contributed by atoms with Gasteiger partial charge in [0.15, 0.2) is 18.0 Å². The fourth-order valence-electron chi connectivity index (χ4n) is 3.90. The Morgan fingerprint density at radius 1 is 1.03 bits per heavy atom. The molecule has 2 aliphatic heterocycles. The number of fused-ring (bicyclic) bond motifs is 1. The van der Waals surface area contributed by atoms with Crippen LogP contribution in [0.4, 0.5) is 0 Å². The number of benzene rings is 2. The average Bonchev–Trinajstić information content (AvgIpc) is 2.79. The van der Waals surface area contributed by atoms with Gasteiger partial charge in [-0.25, -0.2) is 0 Å². The van der Waals surface area contributed by atoms with Crippen LogP contribution in [0.5, 0.6) is 11.5 Å². The molecule has 0 spiro atoms. The van der Waals surface area contributed by atoms with Crippen molar-refractivity contribution in [1.29, 1.82) is 0 Å². The minimum atomic E-state index is -0.117. The highest BCUT2D eigenvalue weighted by Gasteiger charge is 2.26. The number of quaternary nitrogens is 1. The largest absolute Gasteiger partial charge is 0.486 e. The third kappa shape index (κ3) is 4.74. The molecular formula is C23H28N3O4+. The van der Waals surface area contributed by atoms with E-state index in [0.717, 1.165) is 30.2 Å². The number of piperazine rings is 1. The summed E-state index contributed by atoms with van der Waals surface area (Å²) in [5, 5.41) is 3.07. The first-order valence-corrected chi connectivity index (χ1v) is 10.5. The molecule has 158 valence electrons. The molecule has 0 radical (unpaired) electrons. The zero-order chi connectivity index (χ0) is 20.9. The maximum Gasteiger partial charge on any atom is 0.275 e. The Kier molecular flexibility index (Phi) is 6.18. The van der Waals surface area contributed by atoms with Gasteiger partial charge in [-0.15, -0.1) is 0 Å². The first-order valence-electron chi connectivity index (χ1n) is 10.5. The van der Waals surface area contributed by atoms with Crippen molar-refractivity contribution in [2.75, 3.05) is 45.9 Å². The molecule has 7 heteroatoms. The molecule has 7 nitrogen and oxygen atoms in total. The standard InChI is InChI=1S/C23H27N3O4/c1-17(19-7-8-20-21(15-19)30-14-13-29-20)24-22(27)16-25-9-11-26(12-10-25)23(28)18-5-3-2-4-6-18/h2-8,15,17H,9-14,16H2,1H3,(H,24,27)/p+1/t17-/m1/s1. The van der Waals surface area contributed by atoms with Crippen LogP contribution >= 0.6 is 0 Å². The van der Waals surface area contributed by atoms with Crippen LogP contribution in [-0.4, -0.2) is 62.7 Å². The van der Waals surface area contributed by atoms with Crippen LogP contribution < -0.4 is 19.7 Å². The van der Waals surface area contributed by atoms with Crippen LogP contribution in [0.25, 0.3) is 0 Å². The number of hydrogen-bond donors (Lipinski definition) is 2. The Hall–Kier alpha value is -3.06. The predicted octanol–water partition coefficient (Wildman–Crippen LogP) is 0.676. The highest BCUT2D eigenvalue weighted by Crippen LogP contribution is 2.32. The summed E-state index contributed by atoms with van der Waals surface area (Å²) in [6.07, 6.45) is 0. The number of nitrogens with zero attached hydrogens (tertiary/aromatic N) is 1. The van der Waals surface area contributed by atoms with Crippen molar-refractivity contribution in [3.63, 3.8) is 0 Å². The number of carbonyl (C=O) groups excluding carboxylic acids is 2. The number of hydrogen-bond acceptors (Lipinski definition) is 4. The van der Waals surface area contributed by atoms with Crippen LogP contribution in [-0.2, 0) is 4.79 Å². The summed E-state index contributed by atoms with van der Waals surface area (Å²) in [5.74, 6) is 1.54. The highest BCUT2D eigenvalue weighted by molar-refractivity contribution is 5.94.